The first-order chi connectivity index (χ1) is 22.3. The van der Waals surface area contributed by atoms with Gasteiger partial charge in [-0.2, -0.15) is 0 Å². The molecule has 2 aliphatic rings. The Kier molecular flexibility index (Phi) is 5.85. The van der Waals surface area contributed by atoms with Gasteiger partial charge >= 0.3 is 0 Å². The highest BCUT2D eigenvalue weighted by atomic mass is 15.3. The van der Waals surface area contributed by atoms with Crippen LogP contribution in [-0.4, -0.2) is 9.97 Å². The van der Waals surface area contributed by atoms with Crippen molar-refractivity contribution >= 4 is 17.1 Å². The maximum Gasteiger partial charge on any atom is 0.160 e. The summed E-state index contributed by atoms with van der Waals surface area (Å²) in [6, 6.07) is 55.5. The Morgan fingerprint density at radius 2 is 1.04 bits per heavy atom. The molecule has 9 rings (SSSR count). The van der Waals surface area contributed by atoms with Crippen LogP contribution in [-0.2, 0) is 0 Å². The van der Waals surface area contributed by atoms with Crippen LogP contribution in [0.15, 0.2) is 158 Å². The smallest absolute Gasteiger partial charge is 0.160 e. The minimum Gasteiger partial charge on any atom is -0.359 e. The number of benzene rings is 6. The first-order valence-electron chi connectivity index (χ1n) is 15.3. The van der Waals surface area contributed by atoms with E-state index in [0.29, 0.717) is 0 Å². The number of hydrogen-bond acceptors (Lipinski definition) is 4. The minimum atomic E-state index is 0.0886. The van der Waals surface area contributed by atoms with E-state index in [1.54, 1.807) is 0 Å². The molecule has 0 fully saturated rings. The van der Waals surface area contributed by atoms with Gasteiger partial charge in [-0.15, -0.1) is 0 Å². The van der Waals surface area contributed by atoms with Gasteiger partial charge in [0.15, 0.2) is 5.82 Å². The van der Waals surface area contributed by atoms with Crippen LogP contribution >= 0.6 is 0 Å². The van der Waals surface area contributed by atoms with Crippen molar-refractivity contribution in [2.45, 2.75) is 6.17 Å². The maximum atomic E-state index is 5.01. The third-order valence-electron chi connectivity index (χ3n) is 8.86. The molecule has 7 aromatic rings. The Labute approximate surface area is 262 Å². The van der Waals surface area contributed by atoms with Gasteiger partial charge in [0.2, 0.25) is 0 Å². The number of para-hydroxylation sites is 2. The average molecular weight is 577 g/mol. The molecular weight excluding hydrogens is 548 g/mol. The molecule has 1 N–H and O–H groups in total. The van der Waals surface area contributed by atoms with Crippen LogP contribution in [0.5, 0.6) is 0 Å². The summed E-state index contributed by atoms with van der Waals surface area (Å²) >= 11 is 0. The van der Waals surface area contributed by atoms with Crippen LogP contribution in [0, 0.1) is 0 Å². The molecule has 4 nitrogen and oxygen atoms in total. The molecule has 1 atom stereocenters. The molecule has 1 aromatic heterocycles. The number of rotatable bonds is 4. The molecule has 0 spiro atoms. The van der Waals surface area contributed by atoms with Gasteiger partial charge in [-0.05, 0) is 47.0 Å². The molecular formula is C41H28N4. The normalized spacial score (nSPS) is 14.1. The molecule has 6 aromatic carbocycles. The third-order valence-corrected chi connectivity index (χ3v) is 8.86. The van der Waals surface area contributed by atoms with E-state index >= 15 is 0 Å². The quantitative estimate of drug-likeness (QED) is 0.226. The second-order valence-corrected chi connectivity index (χ2v) is 11.5. The summed E-state index contributed by atoms with van der Waals surface area (Å²) in [5.41, 5.74) is 14.7. The Balaban J connectivity index is 1.11. The standard InChI is InChI=1S/C41H28N4/c1-3-11-28(12-4-1)36-26-37(43-40(42-36)30-13-5-2-6-14-30)29-21-19-27(20-22-29)31-23-24-38-34(25-31)32-15-7-8-16-33(32)41-44-35-17-9-10-18-39(35)45(38)41/h1-26,41,44H. The summed E-state index contributed by atoms with van der Waals surface area (Å²) in [7, 11) is 0. The van der Waals surface area contributed by atoms with Gasteiger partial charge in [0.25, 0.3) is 0 Å². The predicted molar refractivity (Wildman–Crippen MR) is 184 cm³/mol. The molecule has 212 valence electrons. The highest BCUT2D eigenvalue weighted by Crippen LogP contribution is 2.54. The van der Waals surface area contributed by atoms with Crippen molar-refractivity contribution < 1.29 is 0 Å². The summed E-state index contributed by atoms with van der Waals surface area (Å²) < 4.78 is 0. The lowest BCUT2D eigenvalue weighted by Gasteiger charge is -2.35. The zero-order valence-corrected chi connectivity index (χ0v) is 24.4. The summed E-state index contributed by atoms with van der Waals surface area (Å²) in [5.74, 6) is 0.723. The number of fused-ring (bicyclic) bond motifs is 8. The van der Waals surface area contributed by atoms with E-state index in [9.17, 15) is 0 Å². The molecule has 0 aliphatic carbocycles. The topological polar surface area (TPSA) is 41.0 Å². The summed E-state index contributed by atoms with van der Waals surface area (Å²) in [6.45, 7) is 0. The molecule has 1 unspecified atom stereocenters. The fraction of sp³-hybridized carbons (Fsp3) is 0.0244. The van der Waals surface area contributed by atoms with Gasteiger partial charge in [0.1, 0.15) is 6.17 Å². The number of nitrogens with one attached hydrogen (secondary N) is 1. The van der Waals surface area contributed by atoms with Crippen molar-refractivity contribution in [3.8, 4) is 56.2 Å². The van der Waals surface area contributed by atoms with Gasteiger partial charge in [0, 0.05) is 27.8 Å². The van der Waals surface area contributed by atoms with E-state index < -0.39 is 0 Å². The summed E-state index contributed by atoms with van der Waals surface area (Å²) in [4.78, 5) is 12.4. The lowest BCUT2D eigenvalue weighted by atomic mass is 9.89. The van der Waals surface area contributed by atoms with E-state index in [1.807, 2.05) is 36.4 Å². The van der Waals surface area contributed by atoms with Crippen LogP contribution in [0.2, 0.25) is 0 Å². The predicted octanol–water partition coefficient (Wildman–Crippen LogP) is 10.4. The maximum absolute atomic E-state index is 5.01. The Bertz CT molecular complexity index is 2130. The molecule has 2 aliphatic heterocycles. The molecule has 3 heterocycles. The van der Waals surface area contributed by atoms with Gasteiger partial charge in [-0.3, -0.25) is 0 Å². The third kappa shape index (κ3) is 4.30. The van der Waals surface area contributed by atoms with Crippen molar-refractivity contribution in [2.24, 2.45) is 0 Å². The average Bonchev–Trinajstić information content (AvgIpc) is 3.52. The summed E-state index contributed by atoms with van der Waals surface area (Å²) in [5, 5.41) is 3.75. The minimum absolute atomic E-state index is 0.0886. The number of nitrogens with zero attached hydrogens (tertiary/aromatic N) is 3. The van der Waals surface area contributed by atoms with E-state index in [2.05, 4.69) is 132 Å². The molecule has 0 bridgehead atoms. The molecule has 0 amide bonds. The Hall–Kier alpha value is -6.00. The lowest BCUT2D eigenvalue weighted by molar-refractivity contribution is 0.819. The van der Waals surface area contributed by atoms with Gasteiger partial charge in [0.05, 0.1) is 28.5 Å². The fourth-order valence-corrected chi connectivity index (χ4v) is 6.67. The number of aromatic nitrogens is 2. The number of hydrogen-bond donors (Lipinski definition) is 1. The first kappa shape index (κ1) is 25.5. The van der Waals surface area contributed by atoms with E-state index in [0.717, 1.165) is 33.9 Å². The number of anilines is 3. The monoisotopic (exact) mass is 576 g/mol. The molecule has 4 heteroatoms. The largest absolute Gasteiger partial charge is 0.359 e. The molecule has 0 radical (unpaired) electrons. The van der Waals surface area contributed by atoms with Gasteiger partial charge in [-0.1, -0.05) is 127 Å². The zero-order valence-electron chi connectivity index (χ0n) is 24.4. The SMILES string of the molecule is c1ccc(-c2cc(-c3ccc(-c4ccc5c(c4)-c4ccccc4C4Nc6ccccc6N54)cc3)nc(-c3ccccc3)n2)cc1. The van der Waals surface area contributed by atoms with Crippen LogP contribution < -0.4 is 10.2 Å². The van der Waals surface area contributed by atoms with Gasteiger partial charge in [-0.25, -0.2) is 9.97 Å². The van der Waals surface area contributed by atoms with Crippen LogP contribution in [0.3, 0.4) is 0 Å². The van der Waals surface area contributed by atoms with Gasteiger partial charge < -0.3 is 10.2 Å². The van der Waals surface area contributed by atoms with E-state index in [1.165, 1.54) is 44.9 Å². The highest BCUT2D eigenvalue weighted by Gasteiger charge is 2.37. The zero-order chi connectivity index (χ0) is 29.7. The van der Waals surface area contributed by atoms with Crippen molar-refractivity contribution in [1.82, 2.24) is 9.97 Å². The molecule has 0 saturated heterocycles. The Morgan fingerprint density at radius 1 is 0.444 bits per heavy atom. The second-order valence-electron chi connectivity index (χ2n) is 11.5. The van der Waals surface area contributed by atoms with Crippen molar-refractivity contribution in [3.63, 3.8) is 0 Å². The van der Waals surface area contributed by atoms with E-state index in [4.69, 9.17) is 9.97 Å². The Morgan fingerprint density at radius 3 is 1.82 bits per heavy atom. The van der Waals surface area contributed by atoms with Crippen molar-refractivity contribution in [1.29, 1.82) is 0 Å². The molecule has 0 saturated carbocycles. The van der Waals surface area contributed by atoms with Crippen LogP contribution in [0.25, 0.3) is 56.2 Å². The lowest BCUT2D eigenvalue weighted by Crippen LogP contribution is -2.27. The summed E-state index contributed by atoms with van der Waals surface area (Å²) in [6.07, 6.45) is 0.0886. The van der Waals surface area contributed by atoms with Crippen molar-refractivity contribution in [3.05, 3.63) is 163 Å². The second kappa shape index (κ2) is 10.3. The van der Waals surface area contributed by atoms with E-state index in [-0.39, 0.29) is 6.17 Å². The fourth-order valence-electron chi connectivity index (χ4n) is 6.67. The first-order valence-corrected chi connectivity index (χ1v) is 15.3. The van der Waals surface area contributed by atoms with Crippen LogP contribution in [0.1, 0.15) is 11.7 Å². The molecule has 45 heavy (non-hydrogen) atoms. The van der Waals surface area contributed by atoms with Crippen LogP contribution in [0.4, 0.5) is 17.1 Å². The van der Waals surface area contributed by atoms with Crippen molar-refractivity contribution in [2.75, 3.05) is 10.2 Å². The highest BCUT2D eigenvalue weighted by molar-refractivity contribution is 5.96.